The van der Waals surface area contributed by atoms with Crippen LogP contribution in [0.5, 0.6) is 6.01 Å². The average molecular weight is 471 g/mol. The highest BCUT2D eigenvalue weighted by atomic mass is 19.1. The van der Waals surface area contributed by atoms with Gasteiger partial charge in [-0.25, -0.2) is 14.4 Å². The van der Waals surface area contributed by atoms with Crippen LogP contribution in [0.1, 0.15) is 19.0 Å². The minimum Gasteiger partial charge on any atom is -0.461 e. The zero-order valence-electron chi connectivity index (χ0n) is 19.1. The van der Waals surface area contributed by atoms with Crippen LogP contribution in [-0.4, -0.2) is 76.4 Å². The van der Waals surface area contributed by atoms with Crippen LogP contribution in [0, 0.1) is 11.2 Å². The molecule has 10 nitrogen and oxygen atoms in total. The van der Waals surface area contributed by atoms with Crippen molar-refractivity contribution in [1.29, 1.82) is 0 Å². The summed E-state index contributed by atoms with van der Waals surface area (Å²) in [7, 11) is 3.38. The van der Waals surface area contributed by atoms with Gasteiger partial charge in [-0.2, -0.15) is 4.98 Å². The molecular formula is C23H26FN5O5. The minimum absolute atomic E-state index is 0.0523. The summed E-state index contributed by atoms with van der Waals surface area (Å²) in [5.74, 6) is -0.0776. The van der Waals surface area contributed by atoms with Gasteiger partial charge in [0.25, 0.3) is 0 Å². The van der Waals surface area contributed by atoms with E-state index < -0.39 is 11.7 Å². The molecule has 1 amide bonds. The number of aliphatic hydroxyl groups is 1. The second-order valence-electron chi connectivity index (χ2n) is 8.36. The normalized spacial score (nSPS) is 20.2. The number of nitrogens with zero attached hydrogens (tertiary/aromatic N) is 4. The molecule has 0 atom stereocenters. The number of amides is 1. The molecule has 0 aliphatic carbocycles. The van der Waals surface area contributed by atoms with Crippen molar-refractivity contribution in [2.24, 2.45) is 5.41 Å². The van der Waals surface area contributed by atoms with Crippen molar-refractivity contribution in [3.8, 4) is 28.7 Å². The maximum Gasteiger partial charge on any atom is 0.317 e. The Morgan fingerprint density at radius 1 is 1.24 bits per heavy atom. The highest BCUT2D eigenvalue weighted by molar-refractivity contribution is 5.82. The SMILES string of the molecule is CN(C)C(=O)C1(C)COC(c2nc(-c3ccc(F)cc3)c(-c3ccnc(OCCO)n3)[nH]2)OC1. The molecule has 34 heavy (non-hydrogen) atoms. The molecule has 1 saturated heterocycles. The third-order valence-corrected chi connectivity index (χ3v) is 5.30. The van der Waals surface area contributed by atoms with Gasteiger partial charge in [-0.15, -0.1) is 0 Å². The minimum atomic E-state index is -0.831. The molecule has 2 N–H and O–H groups in total. The molecule has 3 heterocycles. The number of aromatic nitrogens is 4. The monoisotopic (exact) mass is 471 g/mol. The molecule has 180 valence electrons. The number of hydrogen-bond acceptors (Lipinski definition) is 8. The van der Waals surface area contributed by atoms with Gasteiger partial charge in [-0.3, -0.25) is 4.79 Å². The van der Waals surface area contributed by atoms with Crippen molar-refractivity contribution in [1.82, 2.24) is 24.8 Å². The van der Waals surface area contributed by atoms with Gasteiger partial charge >= 0.3 is 6.01 Å². The van der Waals surface area contributed by atoms with E-state index in [0.717, 1.165) is 0 Å². The lowest BCUT2D eigenvalue weighted by molar-refractivity contribution is -0.233. The van der Waals surface area contributed by atoms with Crippen LogP contribution in [0.25, 0.3) is 22.6 Å². The van der Waals surface area contributed by atoms with Crippen LogP contribution < -0.4 is 4.74 Å². The molecule has 11 heteroatoms. The number of rotatable bonds is 7. The van der Waals surface area contributed by atoms with Crippen LogP contribution in [0.2, 0.25) is 0 Å². The molecule has 3 aromatic rings. The molecule has 4 rings (SSSR count). The maximum absolute atomic E-state index is 13.5. The molecule has 1 aliphatic heterocycles. The van der Waals surface area contributed by atoms with E-state index in [0.29, 0.717) is 28.5 Å². The van der Waals surface area contributed by atoms with E-state index in [1.165, 1.54) is 23.2 Å². The largest absolute Gasteiger partial charge is 0.461 e. The number of imidazole rings is 1. The lowest BCUT2D eigenvalue weighted by Gasteiger charge is -2.36. The molecule has 1 aromatic carbocycles. The van der Waals surface area contributed by atoms with Crippen molar-refractivity contribution >= 4 is 5.91 Å². The number of ether oxygens (including phenoxy) is 3. The summed E-state index contributed by atoms with van der Waals surface area (Å²) in [6, 6.07) is 7.67. The van der Waals surface area contributed by atoms with Crippen LogP contribution >= 0.6 is 0 Å². The number of aromatic amines is 1. The van der Waals surface area contributed by atoms with Gasteiger partial charge in [-0.1, -0.05) is 0 Å². The highest BCUT2D eigenvalue weighted by Gasteiger charge is 2.41. The van der Waals surface area contributed by atoms with Crippen LogP contribution in [0.15, 0.2) is 36.5 Å². The van der Waals surface area contributed by atoms with Crippen molar-refractivity contribution in [3.63, 3.8) is 0 Å². The van der Waals surface area contributed by atoms with Crippen molar-refractivity contribution < 1.29 is 28.5 Å². The Kier molecular flexibility index (Phi) is 6.87. The standard InChI is InChI=1S/C23H26FN5O5/c1-23(21(31)29(2)3)12-33-20(34-13-23)19-27-17(14-4-6-15(24)7-5-14)18(28-19)16-8-9-25-22(26-16)32-11-10-30/h4-9,20,30H,10-13H2,1-3H3,(H,27,28). The lowest BCUT2D eigenvalue weighted by atomic mass is 9.90. The number of carbonyl (C=O) groups is 1. The Labute approximate surface area is 195 Å². The predicted molar refractivity (Wildman–Crippen MR) is 119 cm³/mol. The summed E-state index contributed by atoms with van der Waals surface area (Å²) in [6.45, 7) is 1.98. The first-order valence-electron chi connectivity index (χ1n) is 10.7. The van der Waals surface area contributed by atoms with Gasteiger partial charge in [0.2, 0.25) is 12.2 Å². The van der Waals surface area contributed by atoms with Gasteiger partial charge in [0.15, 0.2) is 5.82 Å². The fourth-order valence-corrected chi connectivity index (χ4v) is 3.62. The number of H-pyrrole nitrogens is 1. The summed E-state index contributed by atoms with van der Waals surface area (Å²) in [6.07, 6.45) is 0.693. The molecule has 1 fully saturated rings. The van der Waals surface area contributed by atoms with E-state index in [1.807, 2.05) is 0 Å². The average Bonchev–Trinajstić information content (AvgIpc) is 3.29. The zero-order valence-corrected chi connectivity index (χ0v) is 19.1. The lowest BCUT2D eigenvalue weighted by Crippen LogP contribution is -2.48. The molecule has 0 spiro atoms. The second kappa shape index (κ2) is 9.84. The summed E-state index contributed by atoms with van der Waals surface area (Å²) in [4.78, 5) is 30.3. The Hall–Kier alpha value is -3.41. The summed E-state index contributed by atoms with van der Waals surface area (Å²) in [5, 5.41) is 9.00. The molecule has 0 radical (unpaired) electrons. The fourth-order valence-electron chi connectivity index (χ4n) is 3.62. The van der Waals surface area contributed by atoms with Gasteiger partial charge in [0, 0.05) is 25.9 Å². The predicted octanol–water partition coefficient (Wildman–Crippen LogP) is 2.18. The Bertz CT molecular complexity index is 1140. The summed E-state index contributed by atoms with van der Waals surface area (Å²) in [5.41, 5.74) is 1.36. The van der Waals surface area contributed by atoms with Crippen molar-refractivity contribution in [2.75, 3.05) is 40.5 Å². The first kappa shape index (κ1) is 23.7. The zero-order chi connectivity index (χ0) is 24.3. The second-order valence-corrected chi connectivity index (χ2v) is 8.36. The molecule has 0 unspecified atom stereocenters. The van der Waals surface area contributed by atoms with Crippen LogP contribution in [0.3, 0.4) is 0 Å². The van der Waals surface area contributed by atoms with Crippen LogP contribution in [0.4, 0.5) is 4.39 Å². The number of carbonyl (C=O) groups excluding carboxylic acids is 1. The smallest absolute Gasteiger partial charge is 0.317 e. The maximum atomic E-state index is 13.5. The van der Waals surface area contributed by atoms with E-state index in [4.69, 9.17) is 19.3 Å². The van der Waals surface area contributed by atoms with Gasteiger partial charge < -0.3 is 29.2 Å². The number of aliphatic hydroxyl groups excluding tert-OH is 1. The molecular weight excluding hydrogens is 445 g/mol. The van der Waals surface area contributed by atoms with E-state index in [1.54, 1.807) is 39.2 Å². The quantitative estimate of drug-likeness (QED) is 0.538. The number of nitrogens with one attached hydrogen (secondary N) is 1. The first-order valence-corrected chi connectivity index (χ1v) is 10.7. The topological polar surface area (TPSA) is 123 Å². The van der Waals surface area contributed by atoms with Gasteiger partial charge in [-0.05, 0) is 37.3 Å². The summed E-state index contributed by atoms with van der Waals surface area (Å²) >= 11 is 0. The van der Waals surface area contributed by atoms with Crippen molar-refractivity contribution in [2.45, 2.75) is 13.2 Å². The van der Waals surface area contributed by atoms with E-state index in [9.17, 15) is 9.18 Å². The van der Waals surface area contributed by atoms with Gasteiger partial charge in [0.1, 0.15) is 12.4 Å². The fraction of sp³-hybridized carbons (Fsp3) is 0.391. The van der Waals surface area contributed by atoms with Crippen LogP contribution in [-0.2, 0) is 14.3 Å². The Morgan fingerprint density at radius 3 is 2.59 bits per heavy atom. The Balaban J connectivity index is 1.67. The van der Waals surface area contributed by atoms with Crippen molar-refractivity contribution in [3.05, 3.63) is 48.2 Å². The Morgan fingerprint density at radius 2 is 1.94 bits per heavy atom. The van der Waals surface area contributed by atoms with E-state index >= 15 is 0 Å². The molecule has 1 aliphatic rings. The highest BCUT2D eigenvalue weighted by Crippen LogP contribution is 2.36. The number of hydrogen-bond donors (Lipinski definition) is 2. The number of benzene rings is 1. The summed E-state index contributed by atoms with van der Waals surface area (Å²) < 4.78 is 30.6. The molecule has 0 bridgehead atoms. The number of halogens is 1. The van der Waals surface area contributed by atoms with E-state index in [-0.39, 0.29) is 44.2 Å². The molecule has 2 aromatic heterocycles. The third kappa shape index (κ3) is 4.91. The van der Waals surface area contributed by atoms with E-state index in [2.05, 4.69) is 19.9 Å². The first-order chi connectivity index (χ1) is 16.3. The molecule has 0 saturated carbocycles. The third-order valence-electron chi connectivity index (χ3n) is 5.30. The van der Waals surface area contributed by atoms with Gasteiger partial charge in [0.05, 0.1) is 42.3 Å².